The second-order valence-electron chi connectivity index (χ2n) is 6.70. The van der Waals surface area contributed by atoms with Gasteiger partial charge in [-0.3, -0.25) is 9.59 Å². The normalized spacial score (nSPS) is 13.1. The summed E-state index contributed by atoms with van der Waals surface area (Å²) in [5.41, 5.74) is 4.40. The van der Waals surface area contributed by atoms with E-state index in [2.05, 4.69) is 5.32 Å². The van der Waals surface area contributed by atoms with E-state index in [-0.39, 0.29) is 11.8 Å². The maximum Gasteiger partial charge on any atom is 0.268 e. The van der Waals surface area contributed by atoms with E-state index < -0.39 is 0 Å². The molecule has 4 nitrogen and oxygen atoms in total. The number of aryl methyl sites for hydroxylation is 2. The summed E-state index contributed by atoms with van der Waals surface area (Å²) in [6.07, 6.45) is 1.88. The van der Waals surface area contributed by atoms with Gasteiger partial charge in [0.1, 0.15) is 0 Å². The molecule has 3 aromatic rings. The minimum absolute atomic E-state index is 0.0214. The Balaban J connectivity index is 1.61. The number of amides is 2. The van der Waals surface area contributed by atoms with Gasteiger partial charge in [0.2, 0.25) is 0 Å². The third kappa shape index (κ3) is 3.64. The number of carbonyl (C=O) groups excluding carboxylic acids is 2. The molecule has 0 saturated carbocycles. The van der Waals surface area contributed by atoms with Gasteiger partial charge in [-0.15, -0.1) is 11.3 Å². The summed E-state index contributed by atoms with van der Waals surface area (Å²) in [4.78, 5) is 28.0. The zero-order valence-corrected chi connectivity index (χ0v) is 15.9. The second kappa shape index (κ2) is 7.37. The lowest BCUT2D eigenvalue weighted by atomic mass is 10.0. The largest absolute Gasteiger partial charge is 0.322 e. The molecule has 2 amide bonds. The van der Waals surface area contributed by atoms with Crippen molar-refractivity contribution >= 4 is 34.5 Å². The lowest BCUT2D eigenvalue weighted by molar-refractivity contribution is 0.0987. The number of hydrogen-bond acceptors (Lipinski definition) is 3. The van der Waals surface area contributed by atoms with Crippen LogP contribution in [0, 0.1) is 6.92 Å². The van der Waals surface area contributed by atoms with Crippen LogP contribution in [0.15, 0.2) is 60.0 Å². The van der Waals surface area contributed by atoms with Crippen LogP contribution < -0.4 is 10.2 Å². The van der Waals surface area contributed by atoms with Crippen LogP contribution in [0.2, 0.25) is 0 Å². The average molecular weight is 376 g/mol. The van der Waals surface area contributed by atoms with Crippen LogP contribution in [0.3, 0.4) is 0 Å². The number of fused-ring (bicyclic) bond motifs is 1. The molecule has 0 aliphatic carbocycles. The maximum absolute atomic E-state index is 12.9. The van der Waals surface area contributed by atoms with E-state index >= 15 is 0 Å². The van der Waals surface area contributed by atoms with Crippen molar-refractivity contribution in [1.82, 2.24) is 0 Å². The first kappa shape index (κ1) is 17.5. The molecule has 0 bridgehead atoms. The van der Waals surface area contributed by atoms with E-state index in [4.69, 9.17) is 0 Å². The van der Waals surface area contributed by atoms with Gasteiger partial charge in [-0.1, -0.05) is 29.8 Å². The molecule has 0 radical (unpaired) electrons. The Kier molecular flexibility index (Phi) is 4.77. The van der Waals surface area contributed by atoms with Crippen molar-refractivity contribution in [1.29, 1.82) is 0 Å². The molecule has 4 rings (SSSR count). The summed E-state index contributed by atoms with van der Waals surface area (Å²) in [6, 6.07) is 17.1. The minimum Gasteiger partial charge on any atom is -0.322 e. The van der Waals surface area contributed by atoms with E-state index in [1.54, 1.807) is 6.07 Å². The molecular formula is C22H20N2O2S. The minimum atomic E-state index is -0.148. The maximum atomic E-state index is 12.9. The molecular weight excluding hydrogens is 356 g/mol. The van der Waals surface area contributed by atoms with Gasteiger partial charge in [0.15, 0.2) is 0 Å². The van der Waals surface area contributed by atoms with Gasteiger partial charge in [0, 0.05) is 23.5 Å². The first-order chi connectivity index (χ1) is 13.1. The fourth-order valence-corrected chi connectivity index (χ4v) is 4.06. The van der Waals surface area contributed by atoms with Crippen LogP contribution in [0.25, 0.3) is 0 Å². The van der Waals surface area contributed by atoms with Crippen molar-refractivity contribution in [2.75, 3.05) is 16.8 Å². The van der Waals surface area contributed by atoms with Crippen molar-refractivity contribution in [3.05, 3.63) is 81.5 Å². The van der Waals surface area contributed by atoms with Crippen molar-refractivity contribution in [3.63, 3.8) is 0 Å². The smallest absolute Gasteiger partial charge is 0.268 e. The Hall–Kier alpha value is -2.92. The Morgan fingerprint density at radius 2 is 1.96 bits per heavy atom. The number of anilines is 2. The molecule has 0 spiro atoms. The Morgan fingerprint density at radius 1 is 1.07 bits per heavy atom. The average Bonchev–Trinajstić information content (AvgIpc) is 3.22. The Labute approximate surface area is 162 Å². The van der Waals surface area contributed by atoms with Gasteiger partial charge in [0.25, 0.3) is 11.8 Å². The molecule has 0 fully saturated rings. The number of carbonyl (C=O) groups is 2. The quantitative estimate of drug-likeness (QED) is 0.707. The lowest BCUT2D eigenvalue weighted by Gasteiger charge is -2.29. The van der Waals surface area contributed by atoms with E-state index in [0.717, 1.165) is 34.5 Å². The van der Waals surface area contributed by atoms with Crippen molar-refractivity contribution in [2.24, 2.45) is 0 Å². The number of nitrogens with zero attached hydrogens (tertiary/aromatic N) is 1. The molecule has 1 aromatic heterocycles. The fourth-order valence-electron chi connectivity index (χ4n) is 3.39. The van der Waals surface area contributed by atoms with Crippen LogP contribution >= 0.6 is 11.3 Å². The van der Waals surface area contributed by atoms with E-state index in [9.17, 15) is 9.59 Å². The summed E-state index contributed by atoms with van der Waals surface area (Å²) >= 11 is 1.45. The van der Waals surface area contributed by atoms with Gasteiger partial charge in [0.05, 0.1) is 4.88 Å². The summed E-state index contributed by atoms with van der Waals surface area (Å²) in [7, 11) is 0. The zero-order chi connectivity index (χ0) is 18.8. The first-order valence-corrected chi connectivity index (χ1v) is 9.86. The molecule has 27 heavy (non-hydrogen) atoms. The third-order valence-electron chi connectivity index (χ3n) is 4.72. The van der Waals surface area contributed by atoms with Crippen molar-refractivity contribution in [3.8, 4) is 0 Å². The Morgan fingerprint density at radius 3 is 2.74 bits per heavy atom. The van der Waals surface area contributed by atoms with E-state index in [0.29, 0.717) is 17.8 Å². The highest BCUT2D eigenvalue weighted by Crippen LogP contribution is 2.32. The first-order valence-electron chi connectivity index (χ1n) is 8.98. The van der Waals surface area contributed by atoms with Crippen LogP contribution in [0.5, 0.6) is 0 Å². The van der Waals surface area contributed by atoms with Crippen LogP contribution in [0.4, 0.5) is 11.4 Å². The predicted molar refractivity (Wildman–Crippen MR) is 110 cm³/mol. The second-order valence-corrected chi connectivity index (χ2v) is 7.65. The monoisotopic (exact) mass is 376 g/mol. The highest BCUT2D eigenvalue weighted by atomic mass is 32.1. The molecule has 1 aliphatic rings. The molecule has 2 heterocycles. The molecule has 2 aromatic carbocycles. The van der Waals surface area contributed by atoms with E-state index in [1.165, 1.54) is 11.3 Å². The van der Waals surface area contributed by atoms with Gasteiger partial charge >= 0.3 is 0 Å². The predicted octanol–water partition coefficient (Wildman–Crippen LogP) is 4.90. The van der Waals surface area contributed by atoms with E-state index in [1.807, 2.05) is 65.7 Å². The topological polar surface area (TPSA) is 49.4 Å². The van der Waals surface area contributed by atoms with Gasteiger partial charge < -0.3 is 10.2 Å². The van der Waals surface area contributed by atoms with Gasteiger partial charge in [-0.25, -0.2) is 0 Å². The van der Waals surface area contributed by atoms with Crippen LogP contribution in [-0.4, -0.2) is 18.4 Å². The molecule has 1 aliphatic heterocycles. The van der Waals surface area contributed by atoms with Crippen LogP contribution in [0.1, 0.15) is 37.6 Å². The molecule has 136 valence electrons. The van der Waals surface area contributed by atoms with Crippen molar-refractivity contribution < 1.29 is 9.59 Å². The summed E-state index contributed by atoms with van der Waals surface area (Å²) in [5, 5.41) is 4.87. The SMILES string of the molecule is Cc1cccc(C(=O)Nc2ccc3c(c2)N(C(=O)c2cccs2)CCC3)c1. The molecule has 0 unspecified atom stereocenters. The molecule has 5 heteroatoms. The number of nitrogens with one attached hydrogen (secondary N) is 1. The number of hydrogen-bond donors (Lipinski definition) is 1. The van der Waals surface area contributed by atoms with Crippen LogP contribution in [-0.2, 0) is 6.42 Å². The fraction of sp³-hybridized carbons (Fsp3) is 0.182. The highest BCUT2D eigenvalue weighted by molar-refractivity contribution is 7.12. The number of thiophene rings is 1. The molecule has 0 saturated heterocycles. The van der Waals surface area contributed by atoms with Crippen molar-refractivity contribution in [2.45, 2.75) is 19.8 Å². The molecule has 1 N–H and O–H groups in total. The summed E-state index contributed by atoms with van der Waals surface area (Å²) in [6.45, 7) is 2.66. The van der Waals surface area contributed by atoms with Gasteiger partial charge in [-0.2, -0.15) is 0 Å². The Bertz CT molecular complexity index is 995. The lowest BCUT2D eigenvalue weighted by Crippen LogP contribution is -2.35. The number of benzene rings is 2. The van der Waals surface area contributed by atoms with Gasteiger partial charge in [-0.05, 0) is 61.0 Å². The summed E-state index contributed by atoms with van der Waals surface area (Å²) in [5.74, 6) is -0.126. The number of rotatable bonds is 3. The standard InChI is InChI=1S/C22H20N2O2S/c1-15-5-2-6-17(13-15)21(25)23-18-10-9-16-7-3-11-24(19(16)14-18)22(26)20-8-4-12-27-20/h2,4-6,8-10,12-14H,3,7,11H2,1H3,(H,23,25). The molecule has 0 atom stereocenters. The summed E-state index contributed by atoms with van der Waals surface area (Å²) < 4.78 is 0. The third-order valence-corrected chi connectivity index (χ3v) is 5.58. The zero-order valence-electron chi connectivity index (χ0n) is 15.1. The highest BCUT2D eigenvalue weighted by Gasteiger charge is 2.24.